The summed E-state index contributed by atoms with van der Waals surface area (Å²) >= 11 is 1.23. The van der Waals surface area contributed by atoms with Crippen LogP contribution >= 0.6 is 11.3 Å². The van der Waals surface area contributed by atoms with Gasteiger partial charge in [0.1, 0.15) is 0 Å². The van der Waals surface area contributed by atoms with Gasteiger partial charge in [-0.05, 0) is 23.8 Å². The molecule has 1 aromatic heterocycles. The number of nitrogens with zero attached hydrogens (tertiary/aromatic N) is 1. The number of thiazole rings is 1. The molecule has 8 heteroatoms. The number of rotatable bonds is 7. The van der Waals surface area contributed by atoms with Crippen LogP contribution in [0.3, 0.4) is 0 Å². The molecule has 0 radical (unpaired) electrons. The summed E-state index contributed by atoms with van der Waals surface area (Å²) < 4.78 is 30.9. The van der Waals surface area contributed by atoms with Gasteiger partial charge in [-0.25, -0.2) is 18.6 Å². The molecular formula is C19H14F2N2O3S. The molecule has 0 fully saturated rings. The lowest BCUT2D eigenvalue weighted by atomic mass is 10.1. The molecule has 2 aromatic carbocycles. The fourth-order valence-corrected chi connectivity index (χ4v) is 2.86. The van der Waals surface area contributed by atoms with Crippen molar-refractivity contribution in [3.63, 3.8) is 0 Å². The van der Waals surface area contributed by atoms with Crippen molar-refractivity contribution < 1.29 is 23.1 Å². The Morgan fingerprint density at radius 3 is 2.59 bits per heavy atom. The van der Waals surface area contributed by atoms with Gasteiger partial charge >= 0.3 is 5.97 Å². The van der Waals surface area contributed by atoms with Crippen LogP contribution in [-0.4, -0.2) is 23.3 Å². The fraction of sp³-hybridized carbons (Fsp3) is 0.105. The van der Waals surface area contributed by atoms with Crippen molar-refractivity contribution in [2.24, 2.45) is 0 Å². The lowest BCUT2D eigenvalue weighted by molar-refractivity contribution is 0.0469. The van der Waals surface area contributed by atoms with Crippen LogP contribution in [0.2, 0.25) is 0 Å². The second kappa shape index (κ2) is 8.50. The van der Waals surface area contributed by atoms with Crippen LogP contribution in [0.25, 0.3) is 0 Å². The van der Waals surface area contributed by atoms with E-state index in [-0.39, 0.29) is 11.3 Å². The van der Waals surface area contributed by atoms with Crippen LogP contribution in [0.1, 0.15) is 26.4 Å². The number of carbonyl (C=O) groups is 2. The Morgan fingerprint density at radius 1 is 1.07 bits per heavy atom. The number of hydrogen-bond donors (Lipinski definition) is 1. The molecule has 0 saturated carbocycles. The van der Waals surface area contributed by atoms with Crippen LogP contribution in [0.4, 0.5) is 13.9 Å². The van der Waals surface area contributed by atoms with Crippen LogP contribution in [-0.2, 0) is 11.3 Å². The molecule has 0 unspecified atom stereocenters. The zero-order chi connectivity index (χ0) is 19.2. The van der Waals surface area contributed by atoms with E-state index in [0.717, 1.165) is 23.8 Å². The van der Waals surface area contributed by atoms with Gasteiger partial charge in [0.15, 0.2) is 34.9 Å². The third kappa shape index (κ3) is 4.95. The first kappa shape index (κ1) is 18.7. The van der Waals surface area contributed by atoms with E-state index in [9.17, 15) is 18.4 Å². The van der Waals surface area contributed by atoms with Gasteiger partial charge < -0.3 is 10.1 Å². The van der Waals surface area contributed by atoms with Crippen molar-refractivity contribution in [1.29, 1.82) is 0 Å². The van der Waals surface area contributed by atoms with Crippen molar-refractivity contribution in [3.8, 4) is 0 Å². The second-order valence-corrected chi connectivity index (χ2v) is 6.36. The Kier molecular flexibility index (Phi) is 5.87. The number of esters is 1. The molecule has 27 heavy (non-hydrogen) atoms. The Bertz CT molecular complexity index is 961. The predicted octanol–water partition coefficient (Wildman–Crippen LogP) is 4.07. The quantitative estimate of drug-likeness (QED) is 0.488. The van der Waals surface area contributed by atoms with Gasteiger partial charge in [0.2, 0.25) is 0 Å². The summed E-state index contributed by atoms with van der Waals surface area (Å²) in [5.41, 5.74) is 1.05. The maximum absolute atomic E-state index is 13.2. The maximum Gasteiger partial charge on any atom is 0.358 e. The minimum Gasteiger partial charge on any atom is -0.453 e. The monoisotopic (exact) mass is 388 g/mol. The summed E-state index contributed by atoms with van der Waals surface area (Å²) in [6.45, 7) is -0.0360. The number of anilines is 1. The maximum atomic E-state index is 13.2. The van der Waals surface area contributed by atoms with Crippen LogP contribution in [0, 0.1) is 11.6 Å². The third-order valence-electron chi connectivity index (χ3n) is 3.58. The van der Waals surface area contributed by atoms with E-state index in [0.29, 0.717) is 11.7 Å². The highest BCUT2D eigenvalue weighted by molar-refractivity contribution is 7.13. The normalized spacial score (nSPS) is 10.4. The molecular weight excluding hydrogens is 374 g/mol. The van der Waals surface area contributed by atoms with Crippen molar-refractivity contribution in [2.45, 2.75) is 6.54 Å². The molecule has 0 amide bonds. The highest BCUT2D eigenvalue weighted by Gasteiger charge is 2.16. The zero-order valence-corrected chi connectivity index (χ0v) is 14.8. The lowest BCUT2D eigenvalue weighted by Crippen LogP contribution is -2.15. The summed E-state index contributed by atoms with van der Waals surface area (Å²) in [6, 6.07) is 12.4. The van der Waals surface area contributed by atoms with E-state index in [1.165, 1.54) is 16.7 Å². The van der Waals surface area contributed by atoms with E-state index < -0.39 is 30.0 Å². The number of Topliss-reactive ketones (excluding diaryl/α,β-unsaturated/α-hetero) is 1. The number of nitrogens with one attached hydrogen (secondary N) is 1. The third-order valence-corrected chi connectivity index (χ3v) is 4.38. The SMILES string of the molecule is O=C(COC(=O)c1csc(NCc2ccccc2)n1)c1ccc(F)c(F)c1. The molecule has 0 saturated heterocycles. The first-order chi connectivity index (χ1) is 13.0. The summed E-state index contributed by atoms with van der Waals surface area (Å²) in [5.74, 6) is -3.60. The second-order valence-electron chi connectivity index (χ2n) is 5.51. The van der Waals surface area contributed by atoms with E-state index in [1.807, 2.05) is 30.3 Å². The first-order valence-electron chi connectivity index (χ1n) is 7.91. The molecule has 0 aliphatic heterocycles. The van der Waals surface area contributed by atoms with Crippen LogP contribution in [0.5, 0.6) is 0 Å². The topological polar surface area (TPSA) is 68.3 Å². The Labute approximate surface area is 157 Å². The largest absolute Gasteiger partial charge is 0.453 e. The Morgan fingerprint density at radius 2 is 1.85 bits per heavy atom. The van der Waals surface area contributed by atoms with E-state index in [4.69, 9.17) is 4.74 Å². The van der Waals surface area contributed by atoms with Gasteiger partial charge in [-0.3, -0.25) is 4.79 Å². The molecule has 138 valence electrons. The van der Waals surface area contributed by atoms with Gasteiger partial charge in [-0.2, -0.15) is 0 Å². The standard InChI is InChI=1S/C19H14F2N2O3S/c20-14-7-6-13(8-15(14)21)17(24)10-26-18(25)16-11-27-19(23-16)22-9-12-4-2-1-3-5-12/h1-8,11H,9-10H2,(H,22,23). The van der Waals surface area contributed by atoms with Crippen LogP contribution in [0.15, 0.2) is 53.9 Å². The van der Waals surface area contributed by atoms with Crippen molar-refractivity contribution in [1.82, 2.24) is 4.98 Å². The molecule has 3 aromatic rings. The van der Waals surface area contributed by atoms with Crippen molar-refractivity contribution >= 4 is 28.2 Å². The average Bonchev–Trinajstić information content (AvgIpc) is 3.16. The van der Waals surface area contributed by atoms with Crippen molar-refractivity contribution in [3.05, 3.63) is 82.4 Å². The van der Waals surface area contributed by atoms with E-state index >= 15 is 0 Å². The minimum absolute atomic E-state index is 0.0636. The molecule has 1 N–H and O–H groups in total. The highest BCUT2D eigenvalue weighted by Crippen LogP contribution is 2.17. The molecule has 1 heterocycles. The van der Waals surface area contributed by atoms with Crippen molar-refractivity contribution in [2.75, 3.05) is 11.9 Å². The zero-order valence-electron chi connectivity index (χ0n) is 13.9. The molecule has 5 nitrogen and oxygen atoms in total. The highest BCUT2D eigenvalue weighted by atomic mass is 32.1. The summed E-state index contributed by atoms with van der Waals surface area (Å²) in [6.07, 6.45) is 0. The number of hydrogen-bond acceptors (Lipinski definition) is 6. The molecule has 3 rings (SSSR count). The number of halogens is 2. The fourth-order valence-electron chi connectivity index (χ4n) is 2.18. The molecule has 0 aliphatic rings. The minimum atomic E-state index is -1.14. The number of ketones is 1. The first-order valence-corrected chi connectivity index (χ1v) is 8.79. The summed E-state index contributed by atoms with van der Waals surface area (Å²) in [4.78, 5) is 28.0. The van der Waals surface area contributed by atoms with E-state index in [1.54, 1.807) is 0 Å². The van der Waals surface area contributed by atoms with Gasteiger partial charge in [0.05, 0.1) is 0 Å². The summed E-state index contributed by atoms with van der Waals surface area (Å²) in [7, 11) is 0. The number of carbonyl (C=O) groups excluding carboxylic acids is 2. The Balaban J connectivity index is 1.53. The van der Waals surface area contributed by atoms with Gasteiger partial charge in [0.25, 0.3) is 0 Å². The van der Waals surface area contributed by atoms with Gasteiger partial charge in [0, 0.05) is 17.5 Å². The van der Waals surface area contributed by atoms with Gasteiger partial charge in [-0.1, -0.05) is 30.3 Å². The van der Waals surface area contributed by atoms with Gasteiger partial charge in [-0.15, -0.1) is 11.3 Å². The van der Waals surface area contributed by atoms with Crippen LogP contribution < -0.4 is 5.32 Å². The van der Waals surface area contributed by atoms with E-state index in [2.05, 4.69) is 10.3 Å². The number of aromatic nitrogens is 1. The smallest absolute Gasteiger partial charge is 0.358 e. The molecule has 0 atom stereocenters. The predicted molar refractivity (Wildman–Crippen MR) is 96.9 cm³/mol. The molecule has 0 bridgehead atoms. The lowest BCUT2D eigenvalue weighted by Gasteiger charge is -2.04. The number of ether oxygens (including phenoxy) is 1. The molecule has 0 spiro atoms. The number of benzene rings is 2. The molecule has 0 aliphatic carbocycles. The Hall–Kier alpha value is -3.13. The average molecular weight is 388 g/mol. The summed E-state index contributed by atoms with van der Waals surface area (Å²) in [5, 5.41) is 5.15.